The first-order chi connectivity index (χ1) is 8.11. The third kappa shape index (κ3) is 2.63. The monoisotopic (exact) mass is 301 g/mol. The van der Waals surface area contributed by atoms with Crippen LogP contribution in [0.4, 0.5) is 23.2 Å². The van der Waals surface area contributed by atoms with E-state index >= 15 is 0 Å². The van der Waals surface area contributed by atoms with E-state index in [1.807, 2.05) is 0 Å². The average Bonchev–Trinajstić information content (AvgIpc) is 2.21. The van der Waals surface area contributed by atoms with Gasteiger partial charge in [-0.05, 0) is 24.6 Å². The Labute approximate surface area is 109 Å². The van der Waals surface area contributed by atoms with Crippen LogP contribution in [0.25, 0.3) is 10.4 Å². The molecule has 1 atom stereocenters. The number of azide groups is 1. The van der Waals surface area contributed by atoms with Crippen molar-refractivity contribution in [2.24, 2.45) is 5.11 Å². The summed E-state index contributed by atoms with van der Waals surface area (Å²) in [5.41, 5.74) is 3.60. The van der Waals surface area contributed by atoms with Gasteiger partial charge in [0.1, 0.15) is 0 Å². The van der Waals surface area contributed by atoms with E-state index in [4.69, 9.17) is 28.7 Å². The van der Waals surface area contributed by atoms with E-state index in [9.17, 15) is 17.6 Å². The molecule has 0 aliphatic rings. The predicted octanol–water partition coefficient (Wildman–Crippen LogP) is 5.68. The fraction of sp³-hybridized carbons (Fsp3) is 0.333. The van der Waals surface area contributed by atoms with Crippen LogP contribution in [0.15, 0.2) is 17.2 Å². The van der Waals surface area contributed by atoms with E-state index in [-0.39, 0.29) is 15.7 Å². The van der Waals surface area contributed by atoms with Gasteiger partial charge in [-0.15, -0.1) is 0 Å². The maximum Gasteiger partial charge on any atom is 0.426 e. The predicted molar refractivity (Wildman–Crippen MR) is 59.8 cm³/mol. The molecule has 1 unspecified atom stereocenters. The third-order valence-electron chi connectivity index (χ3n) is 2.24. The minimum Gasteiger partial charge on any atom is -0.229 e. The Balaban J connectivity index is 3.43. The molecule has 1 aromatic carbocycles. The zero-order valence-electron chi connectivity index (χ0n) is 8.76. The Hall–Kier alpha value is -1.17. The van der Waals surface area contributed by atoms with E-state index in [0.29, 0.717) is 6.92 Å². The molecule has 0 aromatic heterocycles. The molecule has 98 valence electrons. The van der Waals surface area contributed by atoms with E-state index in [1.54, 1.807) is 0 Å². The molecule has 9 heteroatoms. The third-order valence-corrected chi connectivity index (χ3v) is 2.81. The van der Waals surface area contributed by atoms with Crippen molar-refractivity contribution in [2.75, 3.05) is 0 Å². The Bertz CT molecular complexity index is 498. The quantitative estimate of drug-likeness (QED) is 0.292. The molecule has 0 aliphatic heterocycles. The molecule has 0 fully saturated rings. The van der Waals surface area contributed by atoms with Gasteiger partial charge in [0, 0.05) is 10.5 Å². The lowest BCUT2D eigenvalue weighted by atomic mass is 9.97. The molecule has 0 N–H and O–H groups in total. The summed E-state index contributed by atoms with van der Waals surface area (Å²) in [5.74, 6) is 0. The van der Waals surface area contributed by atoms with Gasteiger partial charge < -0.3 is 0 Å². The lowest BCUT2D eigenvalue weighted by molar-refractivity contribution is -0.228. The van der Waals surface area contributed by atoms with Gasteiger partial charge in [-0.3, -0.25) is 0 Å². The lowest BCUT2D eigenvalue weighted by Crippen LogP contribution is -2.34. The number of alkyl halides is 4. The van der Waals surface area contributed by atoms with Crippen molar-refractivity contribution in [3.8, 4) is 0 Å². The van der Waals surface area contributed by atoms with Crippen LogP contribution in [0.2, 0.25) is 10.0 Å². The van der Waals surface area contributed by atoms with Gasteiger partial charge in [-0.1, -0.05) is 28.3 Å². The Morgan fingerprint density at radius 1 is 1.17 bits per heavy atom. The molecule has 18 heavy (non-hydrogen) atoms. The largest absolute Gasteiger partial charge is 0.426 e. The van der Waals surface area contributed by atoms with Gasteiger partial charge in [-0.2, -0.15) is 13.2 Å². The number of hydrogen-bond donors (Lipinski definition) is 0. The minimum absolute atomic E-state index is 0.248. The number of rotatable bonds is 2. The van der Waals surface area contributed by atoms with Crippen molar-refractivity contribution in [1.82, 2.24) is 0 Å². The SMILES string of the molecule is CC(F)(c1cc(Cl)c(N=[N+]=[N-])c(Cl)c1)C(F)(F)F. The maximum absolute atomic E-state index is 13.7. The topological polar surface area (TPSA) is 48.8 Å². The first-order valence-electron chi connectivity index (χ1n) is 4.41. The first-order valence-corrected chi connectivity index (χ1v) is 5.17. The molecule has 1 aromatic rings. The second-order valence-corrected chi connectivity index (χ2v) is 4.29. The first kappa shape index (κ1) is 14.9. The van der Waals surface area contributed by atoms with E-state index in [1.165, 1.54) is 0 Å². The van der Waals surface area contributed by atoms with Gasteiger partial charge >= 0.3 is 6.18 Å². The summed E-state index contributed by atoms with van der Waals surface area (Å²) in [6.45, 7) is 0.349. The van der Waals surface area contributed by atoms with Crippen molar-refractivity contribution in [3.05, 3.63) is 38.2 Å². The van der Waals surface area contributed by atoms with E-state index < -0.39 is 17.4 Å². The van der Waals surface area contributed by atoms with Crippen LogP contribution in [-0.4, -0.2) is 6.18 Å². The fourth-order valence-electron chi connectivity index (χ4n) is 1.14. The highest BCUT2D eigenvalue weighted by atomic mass is 35.5. The Morgan fingerprint density at radius 2 is 1.61 bits per heavy atom. The van der Waals surface area contributed by atoms with Crippen molar-refractivity contribution in [2.45, 2.75) is 18.8 Å². The molecule has 0 amide bonds. The van der Waals surface area contributed by atoms with Gasteiger partial charge in [0.25, 0.3) is 0 Å². The van der Waals surface area contributed by atoms with Gasteiger partial charge in [-0.25, -0.2) is 4.39 Å². The maximum atomic E-state index is 13.7. The molecular weight excluding hydrogens is 297 g/mol. The van der Waals surface area contributed by atoms with Gasteiger partial charge in [0.2, 0.25) is 5.67 Å². The normalized spacial score (nSPS) is 14.8. The molecule has 3 nitrogen and oxygen atoms in total. The van der Waals surface area contributed by atoms with Crippen molar-refractivity contribution in [1.29, 1.82) is 0 Å². The summed E-state index contributed by atoms with van der Waals surface area (Å²) in [4.78, 5) is 2.41. The van der Waals surface area contributed by atoms with E-state index in [0.717, 1.165) is 12.1 Å². The number of hydrogen-bond acceptors (Lipinski definition) is 1. The molecule has 0 bridgehead atoms. The Morgan fingerprint density at radius 3 is 1.94 bits per heavy atom. The number of halogens is 6. The minimum atomic E-state index is -5.11. The van der Waals surface area contributed by atoms with Gasteiger partial charge in [0.05, 0.1) is 15.7 Å². The molecule has 0 radical (unpaired) electrons. The summed E-state index contributed by atoms with van der Waals surface area (Å²) in [5, 5.41) is 2.39. The van der Waals surface area contributed by atoms with Crippen molar-refractivity contribution < 1.29 is 17.6 Å². The van der Waals surface area contributed by atoms with Crippen molar-refractivity contribution in [3.63, 3.8) is 0 Å². The standard InChI is InChI=1S/C9H5Cl2F4N3/c1-8(12,9(13,14)15)4-2-5(10)7(17-18-16)6(11)3-4/h2-3H,1H3. The molecule has 0 aliphatic carbocycles. The number of benzene rings is 1. The van der Waals surface area contributed by atoms with Crippen LogP contribution >= 0.6 is 23.2 Å². The van der Waals surface area contributed by atoms with E-state index in [2.05, 4.69) is 10.0 Å². The van der Waals surface area contributed by atoms with Crippen LogP contribution in [0.5, 0.6) is 0 Å². The van der Waals surface area contributed by atoms with Gasteiger partial charge in [0.15, 0.2) is 0 Å². The Kier molecular flexibility index (Phi) is 4.00. The summed E-state index contributed by atoms with van der Waals surface area (Å²) < 4.78 is 51.1. The summed E-state index contributed by atoms with van der Waals surface area (Å²) in [7, 11) is 0. The second kappa shape index (κ2) is 4.84. The average molecular weight is 302 g/mol. The summed E-state index contributed by atoms with van der Waals surface area (Å²) in [6, 6.07) is 1.45. The van der Waals surface area contributed by atoms with Crippen LogP contribution in [0.3, 0.4) is 0 Å². The molecule has 0 heterocycles. The summed E-state index contributed by atoms with van der Waals surface area (Å²) >= 11 is 11.2. The van der Waals surface area contributed by atoms with Crippen LogP contribution in [-0.2, 0) is 5.67 Å². The zero-order chi connectivity index (χ0) is 14.1. The summed E-state index contributed by atoms with van der Waals surface area (Å²) in [6.07, 6.45) is -5.11. The molecule has 0 saturated heterocycles. The highest BCUT2D eigenvalue weighted by molar-refractivity contribution is 6.38. The zero-order valence-corrected chi connectivity index (χ0v) is 10.3. The van der Waals surface area contributed by atoms with Crippen molar-refractivity contribution >= 4 is 28.9 Å². The van der Waals surface area contributed by atoms with Crippen LogP contribution < -0.4 is 0 Å². The molecular formula is C9H5Cl2F4N3. The second-order valence-electron chi connectivity index (χ2n) is 3.48. The van der Waals surface area contributed by atoms with Crippen LogP contribution in [0.1, 0.15) is 12.5 Å². The molecule has 1 rings (SSSR count). The van der Waals surface area contributed by atoms with Crippen LogP contribution in [0, 0.1) is 0 Å². The molecule has 0 spiro atoms. The fourth-order valence-corrected chi connectivity index (χ4v) is 1.70. The number of nitrogens with zero attached hydrogens (tertiary/aromatic N) is 3. The molecule has 0 saturated carbocycles. The smallest absolute Gasteiger partial charge is 0.229 e. The highest BCUT2D eigenvalue weighted by Crippen LogP contribution is 2.45. The highest BCUT2D eigenvalue weighted by Gasteiger charge is 2.53. The lowest BCUT2D eigenvalue weighted by Gasteiger charge is -2.24.